The maximum Gasteiger partial charge on any atom is 0.328 e. The van der Waals surface area contributed by atoms with E-state index in [-0.39, 0.29) is 23.9 Å². The summed E-state index contributed by atoms with van der Waals surface area (Å²) in [6, 6.07) is 7.53. The number of nitro groups is 2. The van der Waals surface area contributed by atoms with Crippen molar-refractivity contribution in [3.05, 3.63) is 68.3 Å². The summed E-state index contributed by atoms with van der Waals surface area (Å²) in [5.74, 6) is -0.936. The Kier molecular flexibility index (Phi) is 6.05. The molecule has 2 aromatic rings. The van der Waals surface area contributed by atoms with Crippen molar-refractivity contribution in [2.45, 2.75) is 6.92 Å². The maximum absolute atomic E-state index is 11.2. The number of carbonyl (C=O) groups is 1. The Labute approximate surface area is 152 Å². The Bertz CT molecular complexity index is 923. The summed E-state index contributed by atoms with van der Waals surface area (Å²) in [5, 5.41) is 30.7. The van der Waals surface area contributed by atoms with Crippen LogP contribution in [0.3, 0.4) is 0 Å². The number of hydrogen-bond donors (Lipinski definition) is 1. The number of hydrogen-bond acceptors (Lipinski definition) is 7. The zero-order valence-electron chi connectivity index (χ0n) is 14.0. The minimum Gasteiger partial charge on any atom is -0.490 e. The van der Waals surface area contributed by atoms with Gasteiger partial charge in [-0.1, -0.05) is 6.07 Å². The molecule has 0 spiro atoms. The van der Waals surface area contributed by atoms with Crippen molar-refractivity contribution >= 4 is 23.4 Å². The molecule has 0 heterocycles. The highest BCUT2D eigenvalue weighted by molar-refractivity contribution is 5.85. The van der Waals surface area contributed by atoms with Crippen LogP contribution < -0.4 is 9.47 Å². The van der Waals surface area contributed by atoms with Gasteiger partial charge < -0.3 is 14.6 Å². The van der Waals surface area contributed by atoms with Crippen molar-refractivity contribution in [3.8, 4) is 17.2 Å². The number of aliphatic carboxylic acids is 1. The molecule has 0 saturated heterocycles. The smallest absolute Gasteiger partial charge is 0.328 e. The summed E-state index contributed by atoms with van der Waals surface area (Å²) < 4.78 is 11.0. The number of benzene rings is 2. The van der Waals surface area contributed by atoms with E-state index in [0.717, 1.165) is 24.3 Å². The minimum atomic E-state index is -1.12. The summed E-state index contributed by atoms with van der Waals surface area (Å²) in [6.45, 7) is 1.99. The molecule has 0 aliphatic heterocycles. The Morgan fingerprint density at radius 3 is 2.37 bits per heavy atom. The third-order valence-corrected chi connectivity index (χ3v) is 3.26. The summed E-state index contributed by atoms with van der Waals surface area (Å²) in [6.07, 6.45) is 2.30. The van der Waals surface area contributed by atoms with Crippen molar-refractivity contribution in [2.24, 2.45) is 0 Å². The maximum atomic E-state index is 11.2. The first-order chi connectivity index (χ1) is 12.8. The van der Waals surface area contributed by atoms with E-state index in [0.29, 0.717) is 5.56 Å². The Balaban J connectivity index is 2.42. The third-order valence-electron chi connectivity index (χ3n) is 3.26. The summed E-state index contributed by atoms with van der Waals surface area (Å²) in [5.41, 5.74) is -0.485. The van der Waals surface area contributed by atoms with E-state index in [1.54, 1.807) is 6.92 Å². The highest BCUT2D eigenvalue weighted by Crippen LogP contribution is 2.38. The molecule has 10 heteroatoms. The first kappa shape index (κ1) is 19.4. The minimum absolute atomic E-state index is 0.140. The van der Waals surface area contributed by atoms with Crippen LogP contribution in [-0.2, 0) is 4.79 Å². The topological polar surface area (TPSA) is 142 Å². The lowest BCUT2D eigenvalue weighted by atomic mass is 10.2. The number of nitro benzene ring substituents is 2. The van der Waals surface area contributed by atoms with E-state index < -0.39 is 27.2 Å². The molecule has 2 rings (SSSR count). The summed E-state index contributed by atoms with van der Waals surface area (Å²) in [7, 11) is 0. The van der Waals surface area contributed by atoms with Crippen LogP contribution in [0.2, 0.25) is 0 Å². The van der Waals surface area contributed by atoms with Gasteiger partial charge in [0.05, 0.1) is 22.5 Å². The molecule has 0 fully saturated rings. The monoisotopic (exact) mass is 374 g/mol. The van der Waals surface area contributed by atoms with Gasteiger partial charge in [0.1, 0.15) is 0 Å². The molecule has 10 nitrogen and oxygen atoms in total. The molecule has 0 aliphatic carbocycles. The van der Waals surface area contributed by atoms with Crippen LogP contribution in [0.4, 0.5) is 11.4 Å². The van der Waals surface area contributed by atoms with Gasteiger partial charge in [0.2, 0.25) is 5.75 Å². The standard InChI is InChI=1S/C17H14N2O8/c1-2-26-16-9-11(4-8-17(20)21)3-6-15(16)27-14-7-5-12(18(22)23)10-13(14)19(24)25/h3-10H,2H2,1H3,(H,20,21). The van der Waals surface area contributed by atoms with E-state index in [1.165, 1.54) is 24.3 Å². The first-order valence-electron chi connectivity index (χ1n) is 7.60. The zero-order chi connectivity index (χ0) is 20.0. The molecule has 140 valence electrons. The Morgan fingerprint density at radius 2 is 1.78 bits per heavy atom. The second kappa shape index (κ2) is 8.43. The van der Waals surface area contributed by atoms with Gasteiger partial charge in [0.15, 0.2) is 11.5 Å². The summed E-state index contributed by atoms with van der Waals surface area (Å²) >= 11 is 0. The van der Waals surface area contributed by atoms with Gasteiger partial charge in [-0.05, 0) is 36.8 Å². The van der Waals surface area contributed by atoms with Gasteiger partial charge in [0, 0.05) is 12.1 Å². The fraction of sp³-hybridized carbons (Fsp3) is 0.118. The van der Waals surface area contributed by atoms with Gasteiger partial charge in [-0.3, -0.25) is 20.2 Å². The van der Waals surface area contributed by atoms with Crippen LogP contribution in [0.15, 0.2) is 42.5 Å². The quantitative estimate of drug-likeness (QED) is 0.418. The molecule has 0 atom stereocenters. The average molecular weight is 374 g/mol. The van der Waals surface area contributed by atoms with E-state index in [2.05, 4.69) is 0 Å². The van der Waals surface area contributed by atoms with Gasteiger partial charge in [0.25, 0.3) is 5.69 Å². The second-order valence-corrected chi connectivity index (χ2v) is 5.08. The molecule has 0 aromatic heterocycles. The predicted molar refractivity (Wildman–Crippen MR) is 94.1 cm³/mol. The van der Waals surface area contributed by atoms with E-state index in [1.807, 2.05) is 0 Å². The molecule has 0 radical (unpaired) electrons. The van der Waals surface area contributed by atoms with Crippen molar-refractivity contribution in [2.75, 3.05) is 6.61 Å². The first-order valence-corrected chi connectivity index (χ1v) is 7.60. The van der Waals surface area contributed by atoms with Crippen LogP contribution in [0.5, 0.6) is 17.2 Å². The van der Waals surface area contributed by atoms with Crippen LogP contribution in [0, 0.1) is 20.2 Å². The Hall–Kier alpha value is -3.95. The van der Waals surface area contributed by atoms with Crippen LogP contribution >= 0.6 is 0 Å². The lowest BCUT2D eigenvalue weighted by Crippen LogP contribution is -1.99. The number of ether oxygens (including phenoxy) is 2. The van der Waals surface area contributed by atoms with Crippen molar-refractivity contribution in [1.82, 2.24) is 0 Å². The predicted octanol–water partition coefficient (Wildman–Crippen LogP) is 3.79. The highest BCUT2D eigenvalue weighted by atomic mass is 16.6. The van der Waals surface area contributed by atoms with Crippen molar-refractivity contribution in [3.63, 3.8) is 0 Å². The van der Waals surface area contributed by atoms with Crippen LogP contribution in [0.25, 0.3) is 6.08 Å². The largest absolute Gasteiger partial charge is 0.490 e. The Morgan fingerprint density at radius 1 is 1.07 bits per heavy atom. The van der Waals surface area contributed by atoms with Gasteiger partial charge in [-0.15, -0.1) is 0 Å². The fourth-order valence-electron chi connectivity index (χ4n) is 2.12. The molecule has 0 bridgehead atoms. The van der Waals surface area contributed by atoms with Crippen LogP contribution in [0.1, 0.15) is 12.5 Å². The molecule has 0 unspecified atom stereocenters. The molecule has 27 heavy (non-hydrogen) atoms. The number of carboxylic acid groups (broad SMARTS) is 1. The highest BCUT2D eigenvalue weighted by Gasteiger charge is 2.22. The normalized spacial score (nSPS) is 10.6. The van der Waals surface area contributed by atoms with Crippen molar-refractivity contribution in [1.29, 1.82) is 0 Å². The molecular formula is C17H14N2O8. The average Bonchev–Trinajstić information content (AvgIpc) is 2.61. The van der Waals surface area contributed by atoms with E-state index in [9.17, 15) is 25.0 Å². The molecule has 2 aromatic carbocycles. The van der Waals surface area contributed by atoms with E-state index >= 15 is 0 Å². The lowest BCUT2D eigenvalue weighted by molar-refractivity contribution is -0.394. The molecule has 0 amide bonds. The number of rotatable bonds is 8. The van der Waals surface area contributed by atoms with Crippen LogP contribution in [-0.4, -0.2) is 27.5 Å². The SMILES string of the molecule is CCOc1cc(C=CC(=O)O)ccc1Oc1ccc([N+](=O)[O-])cc1[N+](=O)[O-]. The van der Waals surface area contributed by atoms with E-state index in [4.69, 9.17) is 14.6 Å². The lowest BCUT2D eigenvalue weighted by Gasteiger charge is -2.12. The van der Waals surface area contributed by atoms with Crippen molar-refractivity contribution < 1.29 is 29.2 Å². The third kappa shape index (κ3) is 5.01. The molecular weight excluding hydrogens is 360 g/mol. The zero-order valence-corrected chi connectivity index (χ0v) is 14.0. The van der Waals surface area contributed by atoms with Gasteiger partial charge in [-0.2, -0.15) is 0 Å². The molecule has 0 aliphatic rings. The molecule has 1 N–H and O–H groups in total. The number of non-ortho nitro benzene ring substituents is 1. The second-order valence-electron chi connectivity index (χ2n) is 5.08. The number of carboxylic acids is 1. The van der Waals surface area contributed by atoms with Gasteiger partial charge >= 0.3 is 11.7 Å². The molecule has 0 saturated carbocycles. The summed E-state index contributed by atoms with van der Waals surface area (Å²) in [4.78, 5) is 31.1. The van der Waals surface area contributed by atoms with Gasteiger partial charge in [-0.25, -0.2) is 4.79 Å². The number of nitrogens with zero attached hydrogens (tertiary/aromatic N) is 2. The fourth-order valence-corrected chi connectivity index (χ4v) is 2.12.